The Bertz CT molecular complexity index is 1140. The number of alkyl halides is 3. The second kappa shape index (κ2) is 10.6. The molecule has 0 bridgehead atoms. The molecule has 10 heteroatoms. The number of carbonyl (C=O) groups is 1. The van der Waals surface area contributed by atoms with Gasteiger partial charge in [0, 0.05) is 29.2 Å². The van der Waals surface area contributed by atoms with Gasteiger partial charge < -0.3 is 20.1 Å². The lowest BCUT2D eigenvalue weighted by Crippen LogP contribution is -2.54. The minimum Gasteiger partial charge on any atom is -0.493 e. The molecule has 1 heterocycles. The number of fused-ring (bicyclic) bond motifs is 1. The molecular formula is C27H33ClF3N3O3. The number of nitrogens with one attached hydrogen (secondary N) is 2. The van der Waals surface area contributed by atoms with Crippen molar-refractivity contribution >= 4 is 23.3 Å². The summed E-state index contributed by atoms with van der Waals surface area (Å²) in [5.74, 6) is 1.39. The summed E-state index contributed by atoms with van der Waals surface area (Å²) in [4.78, 5) is 15.3. The predicted octanol–water partition coefficient (Wildman–Crippen LogP) is 6.47. The maximum atomic E-state index is 13.0. The minimum atomic E-state index is -4.55. The van der Waals surface area contributed by atoms with Crippen LogP contribution in [0.1, 0.15) is 50.7 Å². The standard InChI is InChI=1S/C27H33ClF3N3O3/c1-16(2)34-12-11-26(17-5-8-22(36-3)23(13-17)37-4)10-9-19(15-24(26)34)33-25(35)32-18-6-7-20(21(28)14-18)27(29,30)31/h5-8,13-14,16,19,24H,9-12,15H2,1-4H3,(H2,32,33,35)/t19-,24+,26+/m1/s1. The van der Waals surface area contributed by atoms with Gasteiger partial charge in [0.25, 0.3) is 0 Å². The number of methoxy groups -OCH3 is 2. The maximum absolute atomic E-state index is 13.0. The molecule has 0 unspecified atom stereocenters. The van der Waals surface area contributed by atoms with E-state index in [1.165, 1.54) is 11.6 Å². The molecule has 1 aliphatic heterocycles. The van der Waals surface area contributed by atoms with E-state index in [4.69, 9.17) is 21.1 Å². The molecule has 1 saturated carbocycles. The summed E-state index contributed by atoms with van der Waals surface area (Å²) in [5.41, 5.74) is 0.407. The third kappa shape index (κ3) is 5.48. The van der Waals surface area contributed by atoms with Crippen molar-refractivity contribution in [1.82, 2.24) is 10.2 Å². The van der Waals surface area contributed by atoms with Crippen molar-refractivity contribution in [3.8, 4) is 11.5 Å². The fourth-order valence-electron chi connectivity index (χ4n) is 5.99. The Balaban J connectivity index is 1.50. The number of anilines is 1. The molecule has 2 aromatic carbocycles. The molecule has 2 N–H and O–H groups in total. The van der Waals surface area contributed by atoms with E-state index in [9.17, 15) is 18.0 Å². The van der Waals surface area contributed by atoms with E-state index in [1.54, 1.807) is 14.2 Å². The number of rotatable bonds is 6. The molecule has 0 aromatic heterocycles. The maximum Gasteiger partial charge on any atom is 0.417 e. The molecule has 0 radical (unpaired) electrons. The van der Waals surface area contributed by atoms with Crippen LogP contribution in [0.5, 0.6) is 11.5 Å². The molecule has 2 amide bonds. The first-order valence-corrected chi connectivity index (χ1v) is 12.8. The van der Waals surface area contributed by atoms with Gasteiger partial charge in [0.15, 0.2) is 11.5 Å². The molecule has 3 atom stereocenters. The largest absolute Gasteiger partial charge is 0.493 e. The second-order valence-corrected chi connectivity index (χ2v) is 10.5. The summed E-state index contributed by atoms with van der Waals surface area (Å²) < 4.78 is 49.9. The number of halogens is 4. The zero-order chi connectivity index (χ0) is 27.0. The van der Waals surface area contributed by atoms with E-state index in [0.717, 1.165) is 44.4 Å². The number of ether oxygens (including phenoxy) is 2. The van der Waals surface area contributed by atoms with Crippen LogP contribution < -0.4 is 20.1 Å². The van der Waals surface area contributed by atoms with E-state index >= 15 is 0 Å². The fraction of sp³-hybridized carbons (Fsp3) is 0.519. The highest BCUT2D eigenvalue weighted by atomic mass is 35.5. The van der Waals surface area contributed by atoms with Crippen LogP contribution in [0.4, 0.5) is 23.7 Å². The van der Waals surface area contributed by atoms with Gasteiger partial charge in [0.05, 0.1) is 24.8 Å². The molecule has 4 rings (SSSR count). The van der Waals surface area contributed by atoms with Gasteiger partial charge in [-0.25, -0.2) is 4.79 Å². The number of hydrogen-bond donors (Lipinski definition) is 2. The number of hydrogen-bond acceptors (Lipinski definition) is 4. The molecule has 202 valence electrons. The highest BCUT2D eigenvalue weighted by Crippen LogP contribution is 2.51. The summed E-state index contributed by atoms with van der Waals surface area (Å²) in [7, 11) is 3.25. The summed E-state index contributed by atoms with van der Waals surface area (Å²) in [6.07, 6.45) is -1.13. The van der Waals surface area contributed by atoms with Crippen LogP contribution in [0.15, 0.2) is 36.4 Å². The third-order valence-electron chi connectivity index (χ3n) is 7.79. The lowest BCUT2D eigenvalue weighted by atomic mass is 9.65. The van der Waals surface area contributed by atoms with Crippen LogP contribution >= 0.6 is 11.6 Å². The van der Waals surface area contributed by atoms with Crippen LogP contribution in [-0.4, -0.2) is 49.8 Å². The van der Waals surface area contributed by atoms with Crippen molar-refractivity contribution < 1.29 is 27.4 Å². The van der Waals surface area contributed by atoms with E-state index < -0.39 is 22.8 Å². The lowest BCUT2D eigenvalue weighted by molar-refractivity contribution is -0.137. The number of carbonyl (C=O) groups excluding carboxylic acids is 1. The van der Waals surface area contributed by atoms with Crippen molar-refractivity contribution in [1.29, 1.82) is 0 Å². The SMILES string of the molecule is COc1ccc([C@@]23CC[C@@H](NC(=O)Nc4ccc(C(F)(F)F)c(Cl)c4)C[C@@H]2N(C(C)C)CC3)cc1OC. The summed E-state index contributed by atoms with van der Waals surface area (Å²) in [6.45, 7) is 5.32. The Morgan fingerprint density at radius 3 is 2.46 bits per heavy atom. The highest BCUT2D eigenvalue weighted by molar-refractivity contribution is 6.31. The number of likely N-dealkylation sites (tertiary alicyclic amines) is 1. The van der Waals surface area contributed by atoms with Crippen molar-refractivity contribution in [3.63, 3.8) is 0 Å². The fourth-order valence-corrected chi connectivity index (χ4v) is 6.28. The quantitative estimate of drug-likeness (QED) is 0.441. The lowest BCUT2D eigenvalue weighted by Gasteiger charge is -2.46. The van der Waals surface area contributed by atoms with E-state index in [-0.39, 0.29) is 23.2 Å². The number of amides is 2. The Labute approximate surface area is 220 Å². The molecule has 2 aromatic rings. The first kappa shape index (κ1) is 27.4. The van der Waals surface area contributed by atoms with Gasteiger partial charge >= 0.3 is 12.2 Å². The van der Waals surface area contributed by atoms with Crippen LogP contribution in [0.3, 0.4) is 0 Å². The zero-order valence-electron chi connectivity index (χ0n) is 21.4. The van der Waals surface area contributed by atoms with Crippen molar-refractivity contribution in [2.45, 2.75) is 69.2 Å². The van der Waals surface area contributed by atoms with Crippen molar-refractivity contribution in [2.24, 2.45) is 0 Å². The minimum absolute atomic E-state index is 0.0700. The summed E-state index contributed by atoms with van der Waals surface area (Å²) in [5, 5.41) is 5.19. The van der Waals surface area contributed by atoms with Crippen molar-refractivity contribution in [2.75, 3.05) is 26.1 Å². The smallest absolute Gasteiger partial charge is 0.417 e. The third-order valence-corrected chi connectivity index (χ3v) is 8.10. The van der Waals surface area contributed by atoms with Crippen LogP contribution in [0.2, 0.25) is 5.02 Å². The molecular weight excluding hydrogens is 507 g/mol. The first-order chi connectivity index (χ1) is 17.5. The van der Waals surface area contributed by atoms with Crippen molar-refractivity contribution in [3.05, 3.63) is 52.5 Å². The molecule has 1 saturated heterocycles. The van der Waals surface area contributed by atoms with Gasteiger partial charge in [-0.1, -0.05) is 17.7 Å². The van der Waals surface area contributed by atoms with E-state index in [2.05, 4.69) is 41.5 Å². The average Bonchev–Trinajstić information content (AvgIpc) is 3.23. The molecule has 2 fully saturated rings. The molecule has 1 aliphatic carbocycles. The molecule has 2 aliphatic rings. The summed E-state index contributed by atoms with van der Waals surface area (Å²) >= 11 is 5.80. The van der Waals surface area contributed by atoms with Gasteiger partial charge in [-0.2, -0.15) is 13.2 Å². The topological polar surface area (TPSA) is 62.8 Å². The number of nitrogens with zero attached hydrogens (tertiary/aromatic N) is 1. The van der Waals surface area contributed by atoms with Crippen LogP contribution in [-0.2, 0) is 11.6 Å². The van der Waals surface area contributed by atoms with Gasteiger partial charge in [-0.05, 0) is 82.0 Å². The molecule has 37 heavy (non-hydrogen) atoms. The highest BCUT2D eigenvalue weighted by Gasteiger charge is 2.52. The van der Waals surface area contributed by atoms with Gasteiger partial charge in [0.2, 0.25) is 0 Å². The van der Waals surface area contributed by atoms with Gasteiger partial charge in [-0.15, -0.1) is 0 Å². The Hall–Kier alpha value is -2.65. The zero-order valence-corrected chi connectivity index (χ0v) is 22.2. The monoisotopic (exact) mass is 539 g/mol. The molecule has 6 nitrogen and oxygen atoms in total. The van der Waals surface area contributed by atoms with E-state index in [1.807, 2.05) is 6.07 Å². The number of benzene rings is 2. The Morgan fingerprint density at radius 1 is 1.11 bits per heavy atom. The van der Waals surface area contributed by atoms with Gasteiger partial charge in [-0.3, -0.25) is 4.90 Å². The molecule has 0 spiro atoms. The second-order valence-electron chi connectivity index (χ2n) is 10.1. The Morgan fingerprint density at radius 2 is 1.84 bits per heavy atom. The van der Waals surface area contributed by atoms with Gasteiger partial charge in [0.1, 0.15) is 0 Å². The average molecular weight is 540 g/mol. The normalized spacial score (nSPS) is 24.0. The predicted molar refractivity (Wildman–Crippen MR) is 138 cm³/mol. The van der Waals surface area contributed by atoms with Crippen LogP contribution in [0, 0.1) is 0 Å². The summed E-state index contributed by atoms with van der Waals surface area (Å²) in [6, 6.07) is 9.34. The number of urea groups is 1. The Kier molecular flexibility index (Phi) is 7.85. The van der Waals surface area contributed by atoms with E-state index in [0.29, 0.717) is 17.5 Å². The first-order valence-electron chi connectivity index (χ1n) is 12.4. The van der Waals surface area contributed by atoms with Crippen LogP contribution in [0.25, 0.3) is 0 Å².